The Kier molecular flexibility index (Phi) is 5.86. The van der Waals surface area contributed by atoms with Gasteiger partial charge in [-0.15, -0.1) is 0 Å². The van der Waals surface area contributed by atoms with Gasteiger partial charge in [0.25, 0.3) is 0 Å². The van der Waals surface area contributed by atoms with Crippen molar-refractivity contribution in [2.75, 3.05) is 11.1 Å². The first-order valence-corrected chi connectivity index (χ1v) is 13.0. The number of imidazole rings is 1. The molecule has 6 aromatic rings. The molecule has 0 aliphatic carbocycles. The van der Waals surface area contributed by atoms with Crippen LogP contribution in [0.3, 0.4) is 0 Å². The van der Waals surface area contributed by atoms with Crippen LogP contribution in [0.5, 0.6) is 0 Å². The summed E-state index contributed by atoms with van der Waals surface area (Å²) in [5.74, 6) is 0.153. The number of carbonyl (C=O) groups excluding carboxylic acids is 1. The molecule has 0 bridgehead atoms. The molecular formula is C28H20N4OS2. The fourth-order valence-electron chi connectivity index (χ4n) is 4.00. The summed E-state index contributed by atoms with van der Waals surface area (Å²) in [6.07, 6.45) is 0. The average Bonchev–Trinajstić information content (AvgIpc) is 3.29. The monoisotopic (exact) mass is 492 g/mol. The Balaban J connectivity index is 1.28. The smallest absolute Gasteiger partial charge is 0.234 e. The van der Waals surface area contributed by atoms with E-state index < -0.39 is 0 Å². The molecule has 0 radical (unpaired) electrons. The van der Waals surface area contributed by atoms with Gasteiger partial charge in [0, 0.05) is 15.2 Å². The number of hydrogen-bond donors (Lipinski definition) is 1. The maximum absolute atomic E-state index is 13.0. The summed E-state index contributed by atoms with van der Waals surface area (Å²) in [5, 5.41) is 4.82. The molecule has 5 nitrogen and oxygen atoms in total. The van der Waals surface area contributed by atoms with E-state index in [1.54, 1.807) is 11.8 Å². The van der Waals surface area contributed by atoms with Crippen molar-refractivity contribution in [3.63, 3.8) is 0 Å². The van der Waals surface area contributed by atoms with Gasteiger partial charge in [0.05, 0.1) is 28.0 Å². The van der Waals surface area contributed by atoms with Crippen LogP contribution in [0.1, 0.15) is 0 Å². The first-order chi connectivity index (χ1) is 17.3. The number of fused-ring (bicyclic) bond motifs is 5. The SMILES string of the molecule is O=C(CSc1nc2ccccc2c2nc3ccccc3n12)Nc1ccccc1Sc1ccccc1. The molecule has 2 aromatic heterocycles. The highest BCUT2D eigenvalue weighted by Gasteiger charge is 2.16. The van der Waals surface area contributed by atoms with E-state index in [4.69, 9.17) is 9.97 Å². The molecule has 35 heavy (non-hydrogen) atoms. The Morgan fingerprint density at radius 3 is 2.37 bits per heavy atom. The van der Waals surface area contributed by atoms with Crippen molar-refractivity contribution in [1.82, 2.24) is 14.4 Å². The minimum atomic E-state index is -0.0800. The minimum Gasteiger partial charge on any atom is -0.324 e. The lowest BCUT2D eigenvalue weighted by molar-refractivity contribution is -0.113. The van der Waals surface area contributed by atoms with E-state index in [9.17, 15) is 4.79 Å². The van der Waals surface area contributed by atoms with E-state index in [0.29, 0.717) is 0 Å². The van der Waals surface area contributed by atoms with Gasteiger partial charge in [-0.3, -0.25) is 9.20 Å². The van der Waals surface area contributed by atoms with Gasteiger partial charge < -0.3 is 5.32 Å². The number of benzene rings is 4. The zero-order valence-corrected chi connectivity index (χ0v) is 20.2. The molecule has 4 aromatic carbocycles. The van der Waals surface area contributed by atoms with Crippen molar-refractivity contribution in [2.24, 2.45) is 0 Å². The Labute approximate surface area is 210 Å². The number of carbonyl (C=O) groups is 1. The van der Waals surface area contributed by atoms with E-state index in [-0.39, 0.29) is 11.7 Å². The summed E-state index contributed by atoms with van der Waals surface area (Å²) < 4.78 is 2.05. The second-order valence-electron chi connectivity index (χ2n) is 7.92. The van der Waals surface area contributed by atoms with E-state index in [0.717, 1.165) is 48.2 Å². The molecule has 6 rings (SSSR count). The van der Waals surface area contributed by atoms with Crippen LogP contribution in [0.2, 0.25) is 0 Å². The van der Waals surface area contributed by atoms with E-state index in [2.05, 4.69) is 21.9 Å². The van der Waals surface area contributed by atoms with Crippen LogP contribution in [0.15, 0.2) is 118 Å². The van der Waals surface area contributed by atoms with Crippen molar-refractivity contribution in [1.29, 1.82) is 0 Å². The quantitative estimate of drug-likeness (QED) is 0.202. The molecule has 1 N–H and O–H groups in total. The lowest BCUT2D eigenvalue weighted by Gasteiger charge is -2.11. The highest BCUT2D eigenvalue weighted by Crippen LogP contribution is 2.34. The molecule has 2 heterocycles. The van der Waals surface area contributed by atoms with Crippen molar-refractivity contribution >= 4 is 62.7 Å². The number of amides is 1. The maximum atomic E-state index is 13.0. The molecule has 0 saturated heterocycles. The van der Waals surface area contributed by atoms with Gasteiger partial charge in [0.15, 0.2) is 5.16 Å². The van der Waals surface area contributed by atoms with Gasteiger partial charge >= 0.3 is 0 Å². The van der Waals surface area contributed by atoms with Crippen LogP contribution in [0, 0.1) is 0 Å². The van der Waals surface area contributed by atoms with Crippen LogP contribution in [0.4, 0.5) is 5.69 Å². The summed E-state index contributed by atoms with van der Waals surface area (Å²) in [6.45, 7) is 0. The molecule has 1 amide bonds. The summed E-state index contributed by atoms with van der Waals surface area (Å²) in [5.41, 5.74) is 4.40. The third-order valence-corrected chi connectivity index (χ3v) is 7.60. The molecule has 0 saturated carbocycles. The summed E-state index contributed by atoms with van der Waals surface area (Å²) in [6, 6.07) is 34.0. The third kappa shape index (κ3) is 4.36. The van der Waals surface area contributed by atoms with Gasteiger partial charge in [-0.05, 0) is 48.5 Å². The number of thioether (sulfide) groups is 1. The number of anilines is 1. The number of para-hydroxylation sites is 4. The maximum Gasteiger partial charge on any atom is 0.234 e. The summed E-state index contributed by atoms with van der Waals surface area (Å²) >= 11 is 3.04. The van der Waals surface area contributed by atoms with Crippen LogP contribution >= 0.6 is 23.5 Å². The van der Waals surface area contributed by atoms with Gasteiger partial charge in [-0.1, -0.05) is 78.1 Å². The van der Waals surface area contributed by atoms with Crippen LogP contribution in [0.25, 0.3) is 27.6 Å². The Morgan fingerprint density at radius 2 is 1.49 bits per heavy atom. The molecule has 170 valence electrons. The van der Waals surface area contributed by atoms with Crippen molar-refractivity contribution in [3.8, 4) is 0 Å². The topological polar surface area (TPSA) is 59.3 Å². The standard InChI is InChI=1S/C28H20N4OS2/c33-26(29-23-15-7-9-17-25(23)35-19-10-2-1-3-11-19)18-34-28-31-21-13-5-4-12-20(21)27-30-22-14-6-8-16-24(22)32(27)28/h1-17H,18H2,(H,29,33). The second kappa shape index (κ2) is 9.44. The number of nitrogens with one attached hydrogen (secondary N) is 1. The molecular weight excluding hydrogens is 472 g/mol. The first-order valence-electron chi connectivity index (χ1n) is 11.2. The van der Waals surface area contributed by atoms with E-state index >= 15 is 0 Å². The first kappa shape index (κ1) is 21.7. The number of aromatic nitrogens is 3. The van der Waals surface area contributed by atoms with Gasteiger partial charge in [-0.25, -0.2) is 9.97 Å². The lowest BCUT2D eigenvalue weighted by atomic mass is 10.2. The molecule has 0 unspecified atom stereocenters. The van der Waals surface area contributed by atoms with Crippen LogP contribution in [-0.4, -0.2) is 26.0 Å². The molecule has 0 fully saturated rings. The Bertz CT molecular complexity index is 1680. The highest BCUT2D eigenvalue weighted by atomic mass is 32.2. The molecule has 7 heteroatoms. The highest BCUT2D eigenvalue weighted by molar-refractivity contribution is 8.00. The van der Waals surface area contributed by atoms with E-state index in [1.807, 2.05) is 91.0 Å². The van der Waals surface area contributed by atoms with Crippen LogP contribution in [-0.2, 0) is 4.79 Å². The summed E-state index contributed by atoms with van der Waals surface area (Å²) in [7, 11) is 0. The van der Waals surface area contributed by atoms with E-state index in [1.165, 1.54) is 11.8 Å². The predicted octanol–water partition coefficient (Wildman–Crippen LogP) is 6.92. The lowest BCUT2D eigenvalue weighted by Crippen LogP contribution is -2.15. The zero-order valence-electron chi connectivity index (χ0n) is 18.6. The molecule has 0 aliphatic rings. The number of nitrogens with zero attached hydrogens (tertiary/aromatic N) is 3. The average molecular weight is 493 g/mol. The largest absolute Gasteiger partial charge is 0.324 e. The molecule has 0 atom stereocenters. The minimum absolute atomic E-state index is 0.0800. The third-order valence-electron chi connectivity index (χ3n) is 5.58. The predicted molar refractivity (Wildman–Crippen MR) is 144 cm³/mol. The van der Waals surface area contributed by atoms with Crippen molar-refractivity contribution in [2.45, 2.75) is 14.9 Å². The fourth-order valence-corrected chi connectivity index (χ4v) is 5.73. The van der Waals surface area contributed by atoms with Gasteiger partial charge in [-0.2, -0.15) is 0 Å². The Hall–Kier alpha value is -3.81. The second-order valence-corrected chi connectivity index (χ2v) is 9.98. The van der Waals surface area contributed by atoms with Crippen LogP contribution < -0.4 is 5.32 Å². The van der Waals surface area contributed by atoms with Gasteiger partial charge in [0.2, 0.25) is 5.91 Å². The molecule has 0 aliphatic heterocycles. The molecule has 0 spiro atoms. The van der Waals surface area contributed by atoms with Crippen molar-refractivity contribution in [3.05, 3.63) is 103 Å². The zero-order chi connectivity index (χ0) is 23.6. The normalized spacial score (nSPS) is 11.3. The summed E-state index contributed by atoms with van der Waals surface area (Å²) in [4.78, 5) is 24.9. The number of hydrogen-bond acceptors (Lipinski definition) is 5. The fraction of sp³-hybridized carbons (Fsp3) is 0.0357. The van der Waals surface area contributed by atoms with Crippen molar-refractivity contribution < 1.29 is 4.79 Å². The van der Waals surface area contributed by atoms with Gasteiger partial charge in [0.1, 0.15) is 5.65 Å². The number of rotatable bonds is 6. The Morgan fingerprint density at radius 1 is 0.771 bits per heavy atom.